The van der Waals surface area contributed by atoms with Crippen LogP contribution in [0.25, 0.3) is 43.8 Å². The van der Waals surface area contributed by atoms with Crippen LogP contribution >= 0.6 is 0 Å². The molecule has 0 aromatic heterocycles. The molecule has 9 aromatic rings. The van der Waals surface area contributed by atoms with Gasteiger partial charge in [0.1, 0.15) is 0 Å². The molecule has 2 heteroatoms. The first-order chi connectivity index (χ1) is 25.8. The molecule has 0 fully saturated rings. The largest absolute Gasteiger partial charge is 0.311 e. The van der Waals surface area contributed by atoms with E-state index in [2.05, 4.69) is 228 Å². The predicted molar refractivity (Wildman–Crippen MR) is 222 cm³/mol. The van der Waals surface area contributed by atoms with Crippen molar-refractivity contribution in [3.05, 3.63) is 218 Å². The van der Waals surface area contributed by atoms with Crippen molar-refractivity contribution in [2.24, 2.45) is 0 Å². The Balaban J connectivity index is 1.10. The average molecular weight is 665 g/mol. The van der Waals surface area contributed by atoms with Crippen LogP contribution in [0.3, 0.4) is 0 Å². The first kappa shape index (κ1) is 31.1. The molecule has 0 saturated heterocycles. The highest BCUT2D eigenvalue weighted by molar-refractivity contribution is 6.06. The van der Waals surface area contributed by atoms with E-state index in [1.54, 1.807) is 0 Å². The fraction of sp³-hybridized carbons (Fsp3) is 0. The van der Waals surface area contributed by atoms with Gasteiger partial charge in [0.15, 0.2) is 0 Å². The summed E-state index contributed by atoms with van der Waals surface area (Å²) < 4.78 is 0. The van der Waals surface area contributed by atoms with Crippen molar-refractivity contribution in [3.8, 4) is 22.3 Å². The lowest BCUT2D eigenvalue weighted by atomic mass is 9.91. The summed E-state index contributed by atoms with van der Waals surface area (Å²) in [4.78, 5) is 4.64. The molecule has 0 aliphatic heterocycles. The number of para-hydroxylation sites is 3. The molecule has 0 saturated carbocycles. The number of benzene rings is 9. The Labute approximate surface area is 305 Å². The fourth-order valence-corrected chi connectivity index (χ4v) is 7.34. The molecule has 0 amide bonds. The second-order valence-electron chi connectivity index (χ2n) is 13.0. The van der Waals surface area contributed by atoms with Crippen molar-refractivity contribution in [1.29, 1.82) is 0 Å². The van der Waals surface area contributed by atoms with Gasteiger partial charge in [-0.2, -0.15) is 0 Å². The second-order valence-corrected chi connectivity index (χ2v) is 13.0. The van der Waals surface area contributed by atoms with Crippen molar-refractivity contribution in [2.45, 2.75) is 0 Å². The Morgan fingerprint density at radius 3 is 1.08 bits per heavy atom. The third-order valence-electron chi connectivity index (χ3n) is 9.81. The van der Waals surface area contributed by atoms with Gasteiger partial charge in [-0.3, -0.25) is 0 Å². The molecule has 0 aliphatic rings. The van der Waals surface area contributed by atoms with E-state index in [-0.39, 0.29) is 0 Å². The molecule has 0 unspecified atom stereocenters. The highest BCUT2D eigenvalue weighted by atomic mass is 15.1. The molecule has 0 spiro atoms. The summed E-state index contributed by atoms with van der Waals surface area (Å²) in [5.41, 5.74) is 11.6. The van der Waals surface area contributed by atoms with E-state index in [9.17, 15) is 0 Å². The maximum absolute atomic E-state index is 2.33. The molecule has 2 nitrogen and oxygen atoms in total. The Bertz CT molecular complexity index is 2550. The zero-order valence-electron chi connectivity index (χ0n) is 28.7. The summed E-state index contributed by atoms with van der Waals surface area (Å²) in [5, 5.41) is 4.94. The molecule has 0 heterocycles. The summed E-state index contributed by atoms with van der Waals surface area (Å²) >= 11 is 0. The molecule has 9 rings (SSSR count). The van der Waals surface area contributed by atoms with Crippen LogP contribution in [0, 0.1) is 0 Å². The summed E-state index contributed by atoms with van der Waals surface area (Å²) in [7, 11) is 0. The number of fused-ring (bicyclic) bond motifs is 2. The van der Waals surface area contributed by atoms with Gasteiger partial charge in [-0.15, -0.1) is 0 Å². The maximum Gasteiger partial charge on any atom is 0.0468 e. The molecule has 246 valence electrons. The molecule has 0 bridgehead atoms. The van der Waals surface area contributed by atoms with Gasteiger partial charge in [-0.25, -0.2) is 0 Å². The maximum atomic E-state index is 2.33. The Morgan fingerprint density at radius 2 is 0.596 bits per heavy atom. The van der Waals surface area contributed by atoms with Gasteiger partial charge in [-0.05, 0) is 117 Å². The zero-order valence-corrected chi connectivity index (χ0v) is 28.7. The SMILES string of the molecule is c1ccc(N(c2ccccc2)c2ccc(-c3cccc4cccc(-c5ccc(N(c6ccccc6)c6ccc7ccccc7c6)cc5)c34)cc2)cc1. The number of rotatable bonds is 8. The van der Waals surface area contributed by atoms with Crippen LogP contribution in [0.15, 0.2) is 218 Å². The van der Waals surface area contributed by atoms with Crippen LogP contribution in [-0.2, 0) is 0 Å². The monoisotopic (exact) mass is 664 g/mol. The lowest BCUT2D eigenvalue weighted by molar-refractivity contribution is 1.28. The normalized spacial score (nSPS) is 11.1. The quantitative estimate of drug-likeness (QED) is 0.159. The fourth-order valence-electron chi connectivity index (χ4n) is 7.34. The highest BCUT2D eigenvalue weighted by Gasteiger charge is 2.16. The van der Waals surface area contributed by atoms with Crippen molar-refractivity contribution >= 4 is 55.7 Å². The van der Waals surface area contributed by atoms with E-state index in [1.807, 2.05) is 0 Å². The van der Waals surface area contributed by atoms with Crippen LogP contribution in [0.1, 0.15) is 0 Å². The molecule has 52 heavy (non-hydrogen) atoms. The van der Waals surface area contributed by atoms with E-state index >= 15 is 0 Å². The van der Waals surface area contributed by atoms with E-state index in [0.717, 1.165) is 34.1 Å². The average Bonchev–Trinajstić information content (AvgIpc) is 3.22. The molecular formula is C50H36N2. The standard InChI is InChI=1S/C50H36N2/c1-4-18-42(19-5-1)51(43-20-6-2-7-21-43)45-31-27-38(28-32-45)48-24-12-16-40-17-13-25-49(50(40)48)39-29-33-46(34-30-39)52(44-22-8-3-9-23-44)47-35-26-37-14-10-11-15-41(37)36-47/h1-36H. The van der Waals surface area contributed by atoms with E-state index in [1.165, 1.54) is 43.8 Å². The zero-order chi connectivity index (χ0) is 34.7. The van der Waals surface area contributed by atoms with Gasteiger partial charge in [0.25, 0.3) is 0 Å². The molecule has 0 atom stereocenters. The van der Waals surface area contributed by atoms with Crippen LogP contribution in [0.5, 0.6) is 0 Å². The topological polar surface area (TPSA) is 6.48 Å². The molecule has 0 N–H and O–H groups in total. The minimum Gasteiger partial charge on any atom is -0.311 e. The summed E-state index contributed by atoms with van der Waals surface area (Å²) in [6.07, 6.45) is 0. The number of hydrogen-bond acceptors (Lipinski definition) is 2. The summed E-state index contributed by atoms with van der Waals surface area (Å²) in [5.74, 6) is 0. The van der Waals surface area contributed by atoms with E-state index in [0.29, 0.717) is 0 Å². The van der Waals surface area contributed by atoms with Crippen molar-refractivity contribution in [3.63, 3.8) is 0 Å². The number of anilines is 6. The van der Waals surface area contributed by atoms with Gasteiger partial charge >= 0.3 is 0 Å². The van der Waals surface area contributed by atoms with E-state index < -0.39 is 0 Å². The lowest BCUT2D eigenvalue weighted by Gasteiger charge is -2.26. The molecule has 0 radical (unpaired) electrons. The van der Waals surface area contributed by atoms with Crippen LogP contribution in [-0.4, -0.2) is 0 Å². The predicted octanol–water partition coefficient (Wildman–Crippen LogP) is 14.3. The Kier molecular flexibility index (Phi) is 8.24. The van der Waals surface area contributed by atoms with Crippen molar-refractivity contribution < 1.29 is 0 Å². The van der Waals surface area contributed by atoms with Crippen LogP contribution < -0.4 is 9.80 Å². The van der Waals surface area contributed by atoms with E-state index in [4.69, 9.17) is 0 Å². The second kappa shape index (κ2) is 13.8. The minimum atomic E-state index is 1.11. The Hall–Kier alpha value is -6.90. The van der Waals surface area contributed by atoms with Gasteiger partial charge in [-0.1, -0.05) is 146 Å². The number of hydrogen-bond donors (Lipinski definition) is 0. The first-order valence-corrected chi connectivity index (χ1v) is 17.8. The Morgan fingerprint density at radius 1 is 0.231 bits per heavy atom. The molecule has 9 aromatic carbocycles. The first-order valence-electron chi connectivity index (χ1n) is 17.8. The summed E-state index contributed by atoms with van der Waals surface area (Å²) in [6.45, 7) is 0. The smallest absolute Gasteiger partial charge is 0.0468 e. The van der Waals surface area contributed by atoms with Gasteiger partial charge < -0.3 is 9.80 Å². The van der Waals surface area contributed by atoms with Gasteiger partial charge in [0, 0.05) is 34.1 Å². The third-order valence-corrected chi connectivity index (χ3v) is 9.81. The summed E-state index contributed by atoms with van der Waals surface area (Å²) in [6, 6.07) is 78.2. The third kappa shape index (κ3) is 5.97. The van der Waals surface area contributed by atoms with Crippen molar-refractivity contribution in [2.75, 3.05) is 9.80 Å². The minimum absolute atomic E-state index is 1.11. The van der Waals surface area contributed by atoms with Gasteiger partial charge in [0.05, 0.1) is 0 Å². The van der Waals surface area contributed by atoms with Crippen LogP contribution in [0.2, 0.25) is 0 Å². The highest BCUT2D eigenvalue weighted by Crippen LogP contribution is 2.41. The van der Waals surface area contributed by atoms with Gasteiger partial charge in [0.2, 0.25) is 0 Å². The lowest BCUT2D eigenvalue weighted by Crippen LogP contribution is -2.09. The molecule has 0 aliphatic carbocycles. The van der Waals surface area contributed by atoms with Crippen molar-refractivity contribution in [1.82, 2.24) is 0 Å². The van der Waals surface area contributed by atoms with Crippen LogP contribution in [0.4, 0.5) is 34.1 Å². The number of nitrogens with zero attached hydrogens (tertiary/aromatic N) is 2. The molecular weight excluding hydrogens is 629 g/mol.